The summed E-state index contributed by atoms with van der Waals surface area (Å²) in [7, 11) is 1.87. The Balaban J connectivity index is 2.13. The van der Waals surface area contributed by atoms with E-state index in [0.717, 1.165) is 25.5 Å². The molecule has 0 aliphatic rings. The average Bonchev–Trinajstić information content (AvgIpc) is 2.48. The molecule has 0 saturated heterocycles. The Kier molecular flexibility index (Phi) is 4.97. The van der Waals surface area contributed by atoms with E-state index in [-0.39, 0.29) is 5.69 Å². The molecule has 0 aliphatic heterocycles. The van der Waals surface area contributed by atoms with Crippen molar-refractivity contribution in [2.75, 3.05) is 23.8 Å². The van der Waals surface area contributed by atoms with Crippen molar-refractivity contribution in [2.24, 2.45) is 0 Å². The van der Waals surface area contributed by atoms with E-state index >= 15 is 0 Å². The predicted octanol–water partition coefficient (Wildman–Crippen LogP) is 3.13. The van der Waals surface area contributed by atoms with Gasteiger partial charge in [0.25, 0.3) is 0 Å². The number of rotatable bonds is 6. The van der Waals surface area contributed by atoms with Crippen molar-refractivity contribution in [3.63, 3.8) is 0 Å². The molecule has 0 saturated carbocycles. The fraction of sp³-hybridized carbons (Fsp3) is 0.357. The second-order valence-corrected chi connectivity index (χ2v) is 4.67. The maximum atomic E-state index is 13.6. The molecule has 0 unspecified atom stereocenters. The van der Waals surface area contributed by atoms with Crippen LogP contribution in [0.4, 0.5) is 26.2 Å². The molecule has 1 N–H and O–H groups in total. The van der Waals surface area contributed by atoms with Crippen molar-refractivity contribution in [1.29, 1.82) is 0 Å². The SMILES string of the molecule is CCCCN(C)c1nncc(Nc2ccc(F)cc2F)n1. The molecular formula is C14H17F2N5. The van der Waals surface area contributed by atoms with Crippen molar-refractivity contribution in [3.8, 4) is 0 Å². The molecule has 0 bridgehead atoms. The van der Waals surface area contributed by atoms with Gasteiger partial charge >= 0.3 is 0 Å². The van der Waals surface area contributed by atoms with Crippen LogP contribution in [0.2, 0.25) is 0 Å². The van der Waals surface area contributed by atoms with E-state index in [1.54, 1.807) is 0 Å². The minimum atomic E-state index is -0.686. The van der Waals surface area contributed by atoms with E-state index in [1.807, 2.05) is 11.9 Å². The number of hydrogen-bond donors (Lipinski definition) is 1. The van der Waals surface area contributed by atoms with Crippen LogP contribution in [0.25, 0.3) is 0 Å². The van der Waals surface area contributed by atoms with E-state index in [4.69, 9.17) is 0 Å². The van der Waals surface area contributed by atoms with E-state index in [9.17, 15) is 8.78 Å². The van der Waals surface area contributed by atoms with Crippen LogP contribution in [-0.2, 0) is 0 Å². The number of halogens is 2. The van der Waals surface area contributed by atoms with Crippen LogP contribution in [0.15, 0.2) is 24.4 Å². The third kappa shape index (κ3) is 4.08. The maximum Gasteiger partial charge on any atom is 0.247 e. The largest absolute Gasteiger partial charge is 0.343 e. The van der Waals surface area contributed by atoms with Gasteiger partial charge in [-0.15, -0.1) is 5.10 Å². The summed E-state index contributed by atoms with van der Waals surface area (Å²) < 4.78 is 26.4. The number of unbranched alkanes of at least 4 members (excludes halogenated alkanes) is 1. The summed E-state index contributed by atoms with van der Waals surface area (Å²) in [4.78, 5) is 6.14. The van der Waals surface area contributed by atoms with Crippen LogP contribution >= 0.6 is 0 Å². The quantitative estimate of drug-likeness (QED) is 0.886. The van der Waals surface area contributed by atoms with Gasteiger partial charge < -0.3 is 10.2 Å². The summed E-state index contributed by atoms with van der Waals surface area (Å²) in [6.45, 7) is 2.91. The molecule has 2 rings (SSSR count). The van der Waals surface area contributed by atoms with Gasteiger partial charge in [0.1, 0.15) is 11.6 Å². The number of benzene rings is 1. The summed E-state index contributed by atoms with van der Waals surface area (Å²) >= 11 is 0. The van der Waals surface area contributed by atoms with Gasteiger partial charge in [-0.25, -0.2) is 8.78 Å². The molecule has 0 aliphatic carbocycles. The van der Waals surface area contributed by atoms with Gasteiger partial charge in [-0.05, 0) is 18.6 Å². The maximum absolute atomic E-state index is 13.6. The smallest absolute Gasteiger partial charge is 0.247 e. The van der Waals surface area contributed by atoms with Gasteiger partial charge in [0.2, 0.25) is 5.95 Å². The minimum absolute atomic E-state index is 0.138. The number of nitrogens with zero attached hydrogens (tertiary/aromatic N) is 4. The summed E-state index contributed by atoms with van der Waals surface area (Å²) in [6, 6.07) is 3.30. The third-order valence-corrected chi connectivity index (χ3v) is 2.93. The first kappa shape index (κ1) is 15.1. The van der Waals surface area contributed by atoms with Crippen LogP contribution in [0, 0.1) is 11.6 Å². The molecule has 0 radical (unpaired) electrons. The molecular weight excluding hydrogens is 276 g/mol. The highest BCUT2D eigenvalue weighted by atomic mass is 19.1. The Morgan fingerprint density at radius 2 is 2.10 bits per heavy atom. The summed E-state index contributed by atoms with van der Waals surface area (Å²) in [5.41, 5.74) is 0.138. The topological polar surface area (TPSA) is 53.9 Å². The van der Waals surface area contributed by atoms with E-state index < -0.39 is 11.6 Å². The molecule has 1 heterocycles. The van der Waals surface area contributed by atoms with Gasteiger partial charge in [0.15, 0.2) is 5.82 Å². The van der Waals surface area contributed by atoms with Gasteiger partial charge in [-0.3, -0.25) is 0 Å². The van der Waals surface area contributed by atoms with Gasteiger partial charge in [0.05, 0.1) is 11.9 Å². The lowest BCUT2D eigenvalue weighted by Gasteiger charge is -2.16. The molecule has 7 heteroatoms. The van der Waals surface area contributed by atoms with Crippen molar-refractivity contribution >= 4 is 17.5 Å². The molecule has 0 atom stereocenters. The Labute approximate surface area is 122 Å². The molecule has 5 nitrogen and oxygen atoms in total. The van der Waals surface area contributed by atoms with Crippen LogP contribution in [0.1, 0.15) is 19.8 Å². The second-order valence-electron chi connectivity index (χ2n) is 4.67. The van der Waals surface area contributed by atoms with Crippen LogP contribution in [-0.4, -0.2) is 28.8 Å². The number of nitrogens with one attached hydrogen (secondary N) is 1. The van der Waals surface area contributed by atoms with Gasteiger partial charge in [-0.1, -0.05) is 13.3 Å². The van der Waals surface area contributed by atoms with Crippen molar-refractivity contribution in [1.82, 2.24) is 15.2 Å². The van der Waals surface area contributed by atoms with Crippen molar-refractivity contribution in [2.45, 2.75) is 19.8 Å². The monoisotopic (exact) mass is 293 g/mol. The zero-order valence-electron chi connectivity index (χ0n) is 12.0. The number of hydrogen-bond acceptors (Lipinski definition) is 5. The molecule has 21 heavy (non-hydrogen) atoms. The highest BCUT2D eigenvalue weighted by molar-refractivity contribution is 5.56. The molecule has 0 spiro atoms. The summed E-state index contributed by atoms with van der Waals surface area (Å²) in [5, 5.41) is 10.6. The predicted molar refractivity (Wildman–Crippen MR) is 77.6 cm³/mol. The molecule has 1 aromatic carbocycles. The molecule has 1 aromatic heterocycles. The van der Waals surface area contributed by atoms with E-state index in [1.165, 1.54) is 18.3 Å². The van der Waals surface area contributed by atoms with Crippen LogP contribution in [0.3, 0.4) is 0 Å². The Bertz CT molecular complexity index is 606. The van der Waals surface area contributed by atoms with Crippen molar-refractivity contribution in [3.05, 3.63) is 36.0 Å². The first-order valence-corrected chi connectivity index (χ1v) is 6.73. The molecule has 0 amide bonds. The van der Waals surface area contributed by atoms with Crippen LogP contribution < -0.4 is 10.2 Å². The minimum Gasteiger partial charge on any atom is -0.343 e. The Hall–Kier alpha value is -2.31. The van der Waals surface area contributed by atoms with E-state index in [2.05, 4.69) is 27.4 Å². The van der Waals surface area contributed by atoms with Crippen molar-refractivity contribution < 1.29 is 8.78 Å². The lowest BCUT2D eigenvalue weighted by molar-refractivity contribution is 0.586. The lowest BCUT2D eigenvalue weighted by atomic mass is 10.3. The highest BCUT2D eigenvalue weighted by Gasteiger charge is 2.08. The Morgan fingerprint density at radius 3 is 2.81 bits per heavy atom. The fourth-order valence-corrected chi connectivity index (χ4v) is 1.74. The fourth-order valence-electron chi connectivity index (χ4n) is 1.74. The second kappa shape index (κ2) is 6.92. The summed E-state index contributed by atoms with van der Waals surface area (Å²) in [6.07, 6.45) is 3.47. The first-order valence-electron chi connectivity index (χ1n) is 6.73. The zero-order valence-corrected chi connectivity index (χ0v) is 12.0. The third-order valence-electron chi connectivity index (χ3n) is 2.93. The lowest BCUT2D eigenvalue weighted by Crippen LogP contribution is -2.21. The zero-order chi connectivity index (χ0) is 15.2. The van der Waals surface area contributed by atoms with E-state index in [0.29, 0.717) is 11.8 Å². The number of anilines is 3. The first-order chi connectivity index (χ1) is 10.1. The standard InChI is InChI=1S/C14H17F2N5/c1-3-4-7-21(2)14-19-13(9-17-20-14)18-12-6-5-10(15)8-11(12)16/h5-6,8-9H,3-4,7H2,1-2H3,(H,18,19,20). The molecule has 112 valence electrons. The molecule has 0 fully saturated rings. The van der Waals surface area contributed by atoms with Gasteiger partial charge in [-0.2, -0.15) is 10.1 Å². The Morgan fingerprint density at radius 1 is 1.29 bits per heavy atom. The number of aromatic nitrogens is 3. The van der Waals surface area contributed by atoms with Gasteiger partial charge in [0, 0.05) is 19.7 Å². The summed E-state index contributed by atoms with van der Waals surface area (Å²) in [5.74, 6) is -0.502. The molecule has 2 aromatic rings. The highest BCUT2D eigenvalue weighted by Crippen LogP contribution is 2.19. The normalized spacial score (nSPS) is 10.5. The average molecular weight is 293 g/mol. The van der Waals surface area contributed by atoms with Crippen LogP contribution in [0.5, 0.6) is 0 Å².